The van der Waals surface area contributed by atoms with Gasteiger partial charge in [0.1, 0.15) is 9.71 Å². The van der Waals surface area contributed by atoms with Crippen molar-refractivity contribution in [2.45, 2.75) is 32.6 Å². The molecule has 0 aliphatic carbocycles. The number of thiophene rings is 1. The minimum Gasteiger partial charge on any atom is -0.337 e. The fourth-order valence-electron chi connectivity index (χ4n) is 3.59. The molecule has 9 heteroatoms. The van der Waals surface area contributed by atoms with Gasteiger partial charge in [-0.25, -0.2) is 13.8 Å². The molecule has 0 aromatic carbocycles. The van der Waals surface area contributed by atoms with Gasteiger partial charge in [-0.05, 0) is 19.4 Å². The Morgan fingerprint density at radius 1 is 1.29 bits per heavy atom. The molecule has 3 aromatic heterocycles. The molecular formula is C19H19ClF2N4OS. The summed E-state index contributed by atoms with van der Waals surface area (Å²) in [4.78, 5) is 20.5. The monoisotopic (exact) mass is 424 g/mol. The summed E-state index contributed by atoms with van der Waals surface area (Å²) in [5, 5.41) is 5.61. The van der Waals surface area contributed by atoms with Crippen molar-refractivity contribution in [3.63, 3.8) is 0 Å². The largest absolute Gasteiger partial charge is 0.337 e. The third-order valence-electron chi connectivity index (χ3n) is 5.15. The number of amides is 1. The second-order valence-corrected chi connectivity index (χ2v) is 8.55. The first-order chi connectivity index (χ1) is 13.2. The molecule has 0 saturated carbocycles. The van der Waals surface area contributed by atoms with Crippen LogP contribution in [0.3, 0.4) is 0 Å². The van der Waals surface area contributed by atoms with Gasteiger partial charge in [0.15, 0.2) is 0 Å². The van der Waals surface area contributed by atoms with E-state index >= 15 is 0 Å². The molecule has 28 heavy (non-hydrogen) atoms. The molecule has 0 spiro atoms. The number of alkyl halides is 2. The Balaban J connectivity index is 1.88. The molecule has 3 aromatic rings. The Labute approximate surface area is 169 Å². The molecular weight excluding hydrogens is 406 g/mol. The quantitative estimate of drug-likeness (QED) is 0.591. The molecule has 1 saturated heterocycles. The number of halogens is 3. The summed E-state index contributed by atoms with van der Waals surface area (Å²) in [7, 11) is 1.80. The lowest BCUT2D eigenvalue weighted by Crippen LogP contribution is -2.42. The zero-order valence-corrected chi connectivity index (χ0v) is 17.3. The summed E-state index contributed by atoms with van der Waals surface area (Å²) in [6.07, 6.45) is 2.90. The molecule has 0 atom stereocenters. The average molecular weight is 425 g/mol. The molecule has 4 rings (SSSR count). The van der Waals surface area contributed by atoms with Crippen LogP contribution in [0.5, 0.6) is 0 Å². The molecule has 5 nitrogen and oxygen atoms in total. The number of aromatic nitrogens is 3. The van der Waals surface area contributed by atoms with E-state index in [-0.39, 0.29) is 31.8 Å². The number of aryl methyl sites for hydroxylation is 3. The van der Waals surface area contributed by atoms with Gasteiger partial charge in [-0.3, -0.25) is 9.48 Å². The van der Waals surface area contributed by atoms with E-state index in [1.165, 1.54) is 16.2 Å². The van der Waals surface area contributed by atoms with Gasteiger partial charge in [0, 0.05) is 55.7 Å². The van der Waals surface area contributed by atoms with E-state index < -0.39 is 5.92 Å². The maximum absolute atomic E-state index is 13.5. The van der Waals surface area contributed by atoms with Crippen LogP contribution in [0, 0.1) is 13.8 Å². The predicted molar refractivity (Wildman–Crippen MR) is 106 cm³/mol. The van der Waals surface area contributed by atoms with E-state index in [1.807, 2.05) is 20.0 Å². The third-order valence-corrected chi connectivity index (χ3v) is 6.78. The van der Waals surface area contributed by atoms with E-state index in [9.17, 15) is 13.6 Å². The van der Waals surface area contributed by atoms with E-state index in [2.05, 4.69) is 10.1 Å². The van der Waals surface area contributed by atoms with Crippen LogP contribution in [0.1, 0.15) is 33.8 Å². The number of rotatable bonds is 2. The molecule has 1 aliphatic rings. The van der Waals surface area contributed by atoms with Crippen LogP contribution in [-0.4, -0.2) is 44.6 Å². The highest BCUT2D eigenvalue weighted by Crippen LogP contribution is 2.43. The maximum atomic E-state index is 13.5. The van der Waals surface area contributed by atoms with Gasteiger partial charge in [0.25, 0.3) is 11.8 Å². The van der Waals surface area contributed by atoms with Gasteiger partial charge in [-0.2, -0.15) is 5.10 Å². The van der Waals surface area contributed by atoms with Crippen LogP contribution < -0.4 is 0 Å². The number of hydrogen-bond acceptors (Lipinski definition) is 4. The topological polar surface area (TPSA) is 51.0 Å². The molecule has 0 unspecified atom stereocenters. The van der Waals surface area contributed by atoms with Crippen molar-refractivity contribution in [1.29, 1.82) is 0 Å². The number of piperidine rings is 1. The highest BCUT2D eigenvalue weighted by molar-refractivity contribution is 7.21. The standard InChI is InChI=1S/C19H19ClF2N4OS/c1-10-13-14(12-8-23-25(3)9-12)16(28-17(13)24-11(2)15(10)20)18(27)26-6-4-19(21,22)5-7-26/h8-9H,4-7H2,1-3H3. The fraction of sp³-hybridized carbons (Fsp3) is 0.421. The minimum atomic E-state index is -2.70. The summed E-state index contributed by atoms with van der Waals surface area (Å²) in [6.45, 7) is 3.81. The molecule has 0 bridgehead atoms. The van der Waals surface area contributed by atoms with Gasteiger partial charge < -0.3 is 4.90 Å². The zero-order chi connectivity index (χ0) is 20.2. The number of hydrogen-bond donors (Lipinski definition) is 0. The first-order valence-electron chi connectivity index (χ1n) is 8.93. The van der Waals surface area contributed by atoms with Crippen LogP contribution in [-0.2, 0) is 7.05 Å². The summed E-state index contributed by atoms with van der Waals surface area (Å²) in [6, 6.07) is 0. The lowest BCUT2D eigenvalue weighted by atomic mass is 10.0. The van der Waals surface area contributed by atoms with Crippen molar-refractivity contribution in [1.82, 2.24) is 19.7 Å². The summed E-state index contributed by atoms with van der Waals surface area (Å²) < 4.78 is 28.7. The summed E-state index contributed by atoms with van der Waals surface area (Å²) >= 11 is 7.71. The molecule has 0 radical (unpaired) electrons. The Morgan fingerprint density at radius 2 is 1.96 bits per heavy atom. The van der Waals surface area contributed by atoms with Gasteiger partial charge in [-0.15, -0.1) is 11.3 Å². The normalized spacial score (nSPS) is 16.7. The summed E-state index contributed by atoms with van der Waals surface area (Å²) in [5.41, 5.74) is 3.05. The number of nitrogens with zero attached hydrogens (tertiary/aromatic N) is 4. The summed E-state index contributed by atoms with van der Waals surface area (Å²) in [5.74, 6) is -2.95. The predicted octanol–water partition coefficient (Wildman–Crippen LogP) is 4.84. The molecule has 1 fully saturated rings. The lowest BCUT2D eigenvalue weighted by molar-refractivity contribution is -0.0493. The van der Waals surface area contributed by atoms with Crippen molar-refractivity contribution in [2.75, 3.05) is 13.1 Å². The first kappa shape index (κ1) is 19.3. The molecule has 4 heterocycles. The van der Waals surface area contributed by atoms with E-state index in [4.69, 9.17) is 11.6 Å². The lowest BCUT2D eigenvalue weighted by Gasteiger charge is -2.31. The highest BCUT2D eigenvalue weighted by atomic mass is 35.5. The van der Waals surface area contributed by atoms with E-state index in [0.717, 1.165) is 22.1 Å². The van der Waals surface area contributed by atoms with Crippen LogP contribution in [0.15, 0.2) is 12.4 Å². The van der Waals surface area contributed by atoms with Crippen molar-refractivity contribution in [3.05, 3.63) is 33.6 Å². The Bertz CT molecular complexity index is 1080. The Hall–Kier alpha value is -2.06. The van der Waals surface area contributed by atoms with Crippen molar-refractivity contribution in [3.8, 4) is 11.1 Å². The minimum absolute atomic E-state index is 0.0404. The first-order valence-corrected chi connectivity index (χ1v) is 10.1. The average Bonchev–Trinajstić information content (AvgIpc) is 3.22. The van der Waals surface area contributed by atoms with E-state index in [1.54, 1.807) is 17.9 Å². The number of pyridine rings is 1. The van der Waals surface area contributed by atoms with Gasteiger partial charge in [0.2, 0.25) is 0 Å². The Kier molecular flexibility index (Phi) is 4.66. The second kappa shape index (κ2) is 6.77. The smallest absolute Gasteiger partial charge is 0.264 e. The van der Waals surface area contributed by atoms with Crippen LogP contribution >= 0.6 is 22.9 Å². The van der Waals surface area contributed by atoms with Crippen LogP contribution in [0.25, 0.3) is 21.3 Å². The van der Waals surface area contributed by atoms with Crippen molar-refractivity contribution >= 4 is 39.1 Å². The number of fused-ring (bicyclic) bond motifs is 1. The van der Waals surface area contributed by atoms with Crippen molar-refractivity contribution < 1.29 is 13.6 Å². The maximum Gasteiger partial charge on any atom is 0.264 e. The SMILES string of the molecule is Cc1nc2sc(C(=O)N3CCC(F)(F)CC3)c(-c3cnn(C)c3)c2c(C)c1Cl. The van der Waals surface area contributed by atoms with Gasteiger partial charge in [0.05, 0.1) is 16.9 Å². The van der Waals surface area contributed by atoms with Crippen LogP contribution in [0.2, 0.25) is 5.02 Å². The van der Waals surface area contributed by atoms with Gasteiger partial charge in [-0.1, -0.05) is 11.6 Å². The molecule has 0 N–H and O–H groups in total. The van der Waals surface area contributed by atoms with Crippen LogP contribution in [0.4, 0.5) is 8.78 Å². The molecule has 1 aliphatic heterocycles. The second-order valence-electron chi connectivity index (χ2n) is 7.17. The van der Waals surface area contributed by atoms with Crippen molar-refractivity contribution in [2.24, 2.45) is 7.05 Å². The highest BCUT2D eigenvalue weighted by Gasteiger charge is 2.37. The molecule has 148 valence electrons. The number of likely N-dealkylation sites (tertiary alicyclic amines) is 1. The zero-order valence-electron chi connectivity index (χ0n) is 15.7. The molecule has 1 amide bonds. The van der Waals surface area contributed by atoms with E-state index in [0.29, 0.717) is 20.4 Å². The Morgan fingerprint density at radius 3 is 2.57 bits per heavy atom. The number of carbonyl (C=O) groups is 1. The third kappa shape index (κ3) is 3.18. The van der Waals surface area contributed by atoms with Gasteiger partial charge >= 0.3 is 0 Å². The number of carbonyl (C=O) groups excluding carboxylic acids is 1. The fourth-order valence-corrected chi connectivity index (χ4v) is 4.99.